The second-order valence-electron chi connectivity index (χ2n) is 3.58. The van der Waals surface area contributed by atoms with Crippen LogP contribution in [0.3, 0.4) is 0 Å². The van der Waals surface area contributed by atoms with Crippen molar-refractivity contribution in [3.05, 3.63) is 32.3 Å². The number of halogens is 1. The average molecular weight is 314 g/mol. The van der Waals surface area contributed by atoms with E-state index in [1.165, 1.54) is 13.0 Å². The Labute approximate surface area is 113 Å². The summed E-state index contributed by atoms with van der Waals surface area (Å²) in [6, 6.07) is 2.92. The molecule has 0 fully saturated rings. The van der Waals surface area contributed by atoms with Crippen LogP contribution in [-0.2, 0) is 0 Å². The van der Waals surface area contributed by atoms with E-state index in [0.29, 0.717) is 16.5 Å². The first-order valence-electron chi connectivity index (χ1n) is 5.19. The maximum Gasteiger partial charge on any atom is 0.312 e. The monoisotopic (exact) mass is 313 g/mol. The van der Waals surface area contributed by atoms with Gasteiger partial charge in [-0.3, -0.25) is 10.1 Å². The van der Waals surface area contributed by atoms with E-state index in [1.54, 1.807) is 6.07 Å². The van der Waals surface area contributed by atoms with E-state index < -0.39 is 11.0 Å². The van der Waals surface area contributed by atoms with Crippen LogP contribution in [0.4, 0.5) is 5.69 Å². The lowest BCUT2D eigenvalue weighted by atomic mass is 10.1. The molecule has 0 spiro atoms. The van der Waals surface area contributed by atoms with Gasteiger partial charge in [-0.2, -0.15) is 0 Å². The first kappa shape index (κ1) is 14.5. The fourth-order valence-electron chi connectivity index (χ4n) is 1.42. The van der Waals surface area contributed by atoms with Gasteiger partial charge >= 0.3 is 5.69 Å². The molecule has 1 atom stereocenters. The minimum absolute atomic E-state index is 0.0634. The molecule has 96 valence electrons. The molecule has 1 aromatic carbocycles. The highest BCUT2D eigenvalue weighted by Crippen LogP contribution is 2.37. The summed E-state index contributed by atoms with van der Waals surface area (Å²) < 4.78 is 5.83. The summed E-state index contributed by atoms with van der Waals surface area (Å²) in [5.41, 5.74) is 0.158. The molecule has 0 radical (unpaired) electrons. The largest absolute Gasteiger partial charge is 0.486 e. The molecular formula is C12H12BrNO4. The Morgan fingerprint density at radius 3 is 2.83 bits per heavy atom. The molecule has 5 nitrogen and oxygen atoms in total. The predicted molar refractivity (Wildman–Crippen MR) is 70.4 cm³/mol. The average Bonchev–Trinajstić information content (AvgIpc) is 2.30. The van der Waals surface area contributed by atoms with Crippen LogP contribution in [0.15, 0.2) is 16.6 Å². The van der Waals surface area contributed by atoms with Crippen molar-refractivity contribution in [2.75, 3.05) is 6.61 Å². The summed E-state index contributed by atoms with van der Waals surface area (Å²) in [5, 5.41) is 20.6. The lowest BCUT2D eigenvalue weighted by Gasteiger charge is -2.13. The molecule has 0 amide bonds. The van der Waals surface area contributed by atoms with Crippen molar-refractivity contribution < 1.29 is 14.8 Å². The van der Waals surface area contributed by atoms with Crippen LogP contribution in [0.1, 0.15) is 25.0 Å². The molecule has 1 rings (SSSR count). The first-order chi connectivity index (χ1) is 8.47. The molecule has 1 unspecified atom stereocenters. The standard InChI is InChI=1S/C12H12BrNO4/c1-3-4-5-18-12-10(8(2)15)6-9(13)7-11(12)14(16)17/h1,6-8,15H,4-5H2,2H3. The highest BCUT2D eigenvalue weighted by Gasteiger charge is 2.23. The topological polar surface area (TPSA) is 72.6 Å². The molecule has 1 aromatic rings. The Kier molecular flexibility index (Phi) is 5.13. The summed E-state index contributed by atoms with van der Waals surface area (Å²) in [6.45, 7) is 1.68. The number of rotatable bonds is 5. The quantitative estimate of drug-likeness (QED) is 0.392. The molecule has 0 saturated carbocycles. The predicted octanol–water partition coefficient (Wildman–Crippen LogP) is 2.81. The van der Waals surface area contributed by atoms with Gasteiger partial charge in [0, 0.05) is 22.5 Å². The molecule has 0 aliphatic carbocycles. The first-order valence-corrected chi connectivity index (χ1v) is 5.98. The Hall–Kier alpha value is -1.58. The molecule has 0 bridgehead atoms. The summed E-state index contributed by atoms with van der Waals surface area (Å²) >= 11 is 3.16. The number of nitro groups is 1. The Bertz CT molecular complexity index is 494. The third-order valence-electron chi connectivity index (χ3n) is 2.20. The van der Waals surface area contributed by atoms with Crippen molar-refractivity contribution in [1.82, 2.24) is 0 Å². The van der Waals surface area contributed by atoms with E-state index in [9.17, 15) is 15.2 Å². The summed E-state index contributed by atoms with van der Waals surface area (Å²) in [6.07, 6.45) is 4.56. The van der Waals surface area contributed by atoms with Crippen molar-refractivity contribution in [2.24, 2.45) is 0 Å². The minimum Gasteiger partial charge on any atom is -0.486 e. The molecule has 0 heterocycles. The molecule has 0 aromatic heterocycles. The number of terminal acetylenes is 1. The van der Waals surface area contributed by atoms with Crippen LogP contribution in [0.5, 0.6) is 5.75 Å². The van der Waals surface area contributed by atoms with E-state index in [-0.39, 0.29) is 18.0 Å². The van der Waals surface area contributed by atoms with Gasteiger partial charge in [0.05, 0.1) is 17.6 Å². The van der Waals surface area contributed by atoms with Gasteiger partial charge in [0.2, 0.25) is 5.75 Å². The number of benzene rings is 1. The maximum atomic E-state index is 11.0. The molecule has 0 aliphatic heterocycles. The maximum absolute atomic E-state index is 11.0. The number of aliphatic hydroxyl groups excluding tert-OH is 1. The zero-order valence-corrected chi connectivity index (χ0v) is 11.3. The molecule has 18 heavy (non-hydrogen) atoms. The summed E-state index contributed by atoms with van der Waals surface area (Å²) in [4.78, 5) is 10.4. The summed E-state index contributed by atoms with van der Waals surface area (Å²) in [7, 11) is 0. The molecule has 1 N–H and O–H groups in total. The van der Waals surface area contributed by atoms with Crippen LogP contribution in [0.2, 0.25) is 0 Å². The van der Waals surface area contributed by atoms with Gasteiger partial charge in [-0.05, 0) is 13.0 Å². The second-order valence-corrected chi connectivity index (χ2v) is 4.49. The van der Waals surface area contributed by atoms with Gasteiger partial charge in [-0.25, -0.2) is 0 Å². The van der Waals surface area contributed by atoms with Crippen molar-refractivity contribution in [1.29, 1.82) is 0 Å². The molecular weight excluding hydrogens is 302 g/mol. The van der Waals surface area contributed by atoms with Gasteiger partial charge in [0.1, 0.15) is 0 Å². The van der Waals surface area contributed by atoms with Crippen LogP contribution < -0.4 is 4.74 Å². The van der Waals surface area contributed by atoms with Crippen LogP contribution >= 0.6 is 15.9 Å². The van der Waals surface area contributed by atoms with E-state index in [0.717, 1.165) is 0 Å². The van der Waals surface area contributed by atoms with E-state index in [4.69, 9.17) is 11.2 Å². The fraction of sp³-hybridized carbons (Fsp3) is 0.333. The molecule has 6 heteroatoms. The van der Waals surface area contributed by atoms with Crippen LogP contribution in [-0.4, -0.2) is 16.6 Å². The Morgan fingerprint density at radius 1 is 1.67 bits per heavy atom. The number of nitro benzene ring substituents is 1. The Morgan fingerprint density at radius 2 is 2.33 bits per heavy atom. The molecule has 0 aliphatic rings. The number of hydrogen-bond donors (Lipinski definition) is 1. The number of aliphatic hydroxyl groups is 1. The fourth-order valence-corrected chi connectivity index (χ4v) is 1.88. The molecule has 0 saturated heterocycles. The van der Waals surface area contributed by atoms with Crippen molar-refractivity contribution in [2.45, 2.75) is 19.4 Å². The van der Waals surface area contributed by atoms with Crippen molar-refractivity contribution >= 4 is 21.6 Å². The number of nitrogens with zero attached hydrogens (tertiary/aromatic N) is 1. The zero-order chi connectivity index (χ0) is 13.7. The third-order valence-corrected chi connectivity index (χ3v) is 2.66. The third kappa shape index (κ3) is 3.45. The van der Waals surface area contributed by atoms with Gasteiger partial charge in [0.15, 0.2) is 0 Å². The van der Waals surface area contributed by atoms with Crippen molar-refractivity contribution in [3.63, 3.8) is 0 Å². The lowest BCUT2D eigenvalue weighted by Crippen LogP contribution is -2.05. The second kappa shape index (κ2) is 6.38. The highest BCUT2D eigenvalue weighted by atomic mass is 79.9. The normalized spacial score (nSPS) is 11.7. The van der Waals surface area contributed by atoms with Crippen LogP contribution in [0, 0.1) is 22.5 Å². The minimum atomic E-state index is -0.873. The van der Waals surface area contributed by atoms with E-state index in [1.807, 2.05) is 0 Å². The smallest absolute Gasteiger partial charge is 0.312 e. The zero-order valence-electron chi connectivity index (χ0n) is 9.72. The van der Waals surface area contributed by atoms with Gasteiger partial charge in [-0.1, -0.05) is 15.9 Å². The number of hydrogen-bond acceptors (Lipinski definition) is 4. The lowest BCUT2D eigenvalue weighted by molar-refractivity contribution is -0.386. The summed E-state index contributed by atoms with van der Waals surface area (Å²) in [5.74, 6) is 2.44. The van der Waals surface area contributed by atoms with E-state index >= 15 is 0 Å². The van der Waals surface area contributed by atoms with Gasteiger partial charge in [-0.15, -0.1) is 12.3 Å². The van der Waals surface area contributed by atoms with Crippen molar-refractivity contribution in [3.8, 4) is 18.1 Å². The van der Waals surface area contributed by atoms with Crippen LogP contribution in [0.25, 0.3) is 0 Å². The SMILES string of the molecule is C#CCCOc1c(C(C)O)cc(Br)cc1[N+](=O)[O-]. The van der Waals surface area contributed by atoms with Gasteiger partial charge in [0.25, 0.3) is 0 Å². The van der Waals surface area contributed by atoms with Gasteiger partial charge < -0.3 is 9.84 Å². The van der Waals surface area contributed by atoms with E-state index in [2.05, 4.69) is 21.9 Å². The number of ether oxygens (including phenoxy) is 1. The highest BCUT2D eigenvalue weighted by molar-refractivity contribution is 9.10. The Balaban J connectivity index is 3.23.